The van der Waals surface area contributed by atoms with E-state index in [0.717, 1.165) is 12.1 Å². The number of anilines is 1. The van der Waals surface area contributed by atoms with Crippen molar-refractivity contribution in [3.8, 4) is 0 Å². The highest BCUT2D eigenvalue weighted by atomic mass is 16.5. The van der Waals surface area contributed by atoms with Gasteiger partial charge in [0.2, 0.25) is 5.91 Å². The number of para-hydroxylation sites is 1. The molecule has 118 valence electrons. The molecule has 0 radical (unpaired) electrons. The Balaban J connectivity index is 1.58. The lowest BCUT2D eigenvalue weighted by atomic mass is 10.2. The van der Waals surface area contributed by atoms with Crippen molar-refractivity contribution in [2.75, 3.05) is 37.7 Å². The van der Waals surface area contributed by atoms with Gasteiger partial charge in [-0.3, -0.25) is 4.79 Å². The molecule has 3 rings (SSSR count). The zero-order valence-corrected chi connectivity index (χ0v) is 12.5. The second kappa shape index (κ2) is 6.79. The van der Waals surface area contributed by atoms with Crippen LogP contribution in [0.4, 0.5) is 10.5 Å². The van der Waals surface area contributed by atoms with E-state index in [1.165, 1.54) is 0 Å². The third kappa shape index (κ3) is 3.39. The van der Waals surface area contributed by atoms with Gasteiger partial charge in [-0.05, 0) is 18.6 Å². The van der Waals surface area contributed by atoms with Crippen LogP contribution in [0.25, 0.3) is 0 Å². The van der Waals surface area contributed by atoms with Gasteiger partial charge in [0.05, 0.1) is 12.6 Å². The maximum absolute atomic E-state index is 12.3. The third-order valence-corrected chi connectivity index (χ3v) is 4.03. The van der Waals surface area contributed by atoms with Gasteiger partial charge in [0, 0.05) is 38.3 Å². The van der Waals surface area contributed by atoms with E-state index in [0.29, 0.717) is 39.3 Å². The molecule has 6 nitrogen and oxygen atoms in total. The highest BCUT2D eigenvalue weighted by molar-refractivity contribution is 5.96. The summed E-state index contributed by atoms with van der Waals surface area (Å²) in [5.74, 6) is 0.0516. The number of nitrogens with zero attached hydrogens (tertiary/aromatic N) is 2. The lowest BCUT2D eigenvalue weighted by molar-refractivity contribution is -0.117. The third-order valence-electron chi connectivity index (χ3n) is 4.03. The molecule has 6 heteroatoms. The molecule has 2 aliphatic rings. The molecular weight excluding hydrogens is 282 g/mol. The van der Waals surface area contributed by atoms with Crippen molar-refractivity contribution in [3.05, 3.63) is 30.3 Å². The second-order valence-electron chi connectivity index (χ2n) is 5.64. The summed E-state index contributed by atoms with van der Waals surface area (Å²) in [5, 5.41) is 2.98. The Morgan fingerprint density at radius 2 is 2.00 bits per heavy atom. The van der Waals surface area contributed by atoms with Crippen LogP contribution in [0.1, 0.15) is 12.8 Å². The molecule has 2 saturated heterocycles. The molecule has 0 saturated carbocycles. The van der Waals surface area contributed by atoms with Crippen molar-refractivity contribution in [1.82, 2.24) is 10.2 Å². The average molecular weight is 303 g/mol. The zero-order chi connectivity index (χ0) is 15.4. The van der Waals surface area contributed by atoms with E-state index >= 15 is 0 Å². The molecule has 1 aromatic carbocycles. The van der Waals surface area contributed by atoms with E-state index in [-0.39, 0.29) is 18.0 Å². The molecule has 1 N–H and O–H groups in total. The van der Waals surface area contributed by atoms with Gasteiger partial charge < -0.3 is 19.9 Å². The number of ether oxygens (including phenoxy) is 1. The van der Waals surface area contributed by atoms with Crippen molar-refractivity contribution in [2.24, 2.45) is 0 Å². The standard InChI is InChI=1S/C16H21N3O3/c20-15-11-13(12-19(15)14-5-2-1-3-6-14)17-16(21)18-7-4-9-22-10-8-18/h1-3,5-6,13H,4,7-12H2,(H,17,21). The number of rotatable bonds is 2. The Morgan fingerprint density at radius 3 is 2.82 bits per heavy atom. The van der Waals surface area contributed by atoms with Crippen molar-refractivity contribution in [1.29, 1.82) is 0 Å². The predicted molar refractivity (Wildman–Crippen MR) is 82.7 cm³/mol. The number of carbonyl (C=O) groups is 2. The van der Waals surface area contributed by atoms with Crippen molar-refractivity contribution in [2.45, 2.75) is 18.9 Å². The van der Waals surface area contributed by atoms with Gasteiger partial charge >= 0.3 is 6.03 Å². The summed E-state index contributed by atoms with van der Waals surface area (Å²) in [6, 6.07) is 9.33. The van der Waals surface area contributed by atoms with Crippen molar-refractivity contribution >= 4 is 17.6 Å². The largest absolute Gasteiger partial charge is 0.380 e. The van der Waals surface area contributed by atoms with E-state index in [2.05, 4.69) is 5.32 Å². The first-order chi connectivity index (χ1) is 10.7. The molecule has 3 amide bonds. The first kappa shape index (κ1) is 14.8. The Labute approximate surface area is 130 Å². The molecule has 0 bridgehead atoms. The minimum absolute atomic E-state index is 0.0516. The van der Waals surface area contributed by atoms with Crippen molar-refractivity contribution < 1.29 is 14.3 Å². The van der Waals surface area contributed by atoms with Crippen LogP contribution >= 0.6 is 0 Å². The summed E-state index contributed by atoms with van der Waals surface area (Å²) >= 11 is 0. The summed E-state index contributed by atoms with van der Waals surface area (Å²) in [6.07, 6.45) is 1.21. The molecular formula is C16H21N3O3. The Morgan fingerprint density at radius 1 is 1.18 bits per heavy atom. The van der Waals surface area contributed by atoms with Gasteiger partial charge in [0.15, 0.2) is 0 Å². The quantitative estimate of drug-likeness (QED) is 0.893. The molecule has 2 fully saturated rings. The fourth-order valence-electron chi connectivity index (χ4n) is 2.88. The molecule has 1 unspecified atom stereocenters. The maximum Gasteiger partial charge on any atom is 0.317 e. The SMILES string of the molecule is O=C(NC1CC(=O)N(c2ccccc2)C1)N1CCCOCC1. The maximum atomic E-state index is 12.3. The highest BCUT2D eigenvalue weighted by Gasteiger charge is 2.32. The highest BCUT2D eigenvalue weighted by Crippen LogP contribution is 2.21. The number of benzene rings is 1. The molecule has 0 spiro atoms. The monoisotopic (exact) mass is 303 g/mol. The van der Waals surface area contributed by atoms with E-state index in [9.17, 15) is 9.59 Å². The minimum Gasteiger partial charge on any atom is -0.380 e. The van der Waals surface area contributed by atoms with Crippen LogP contribution in [-0.2, 0) is 9.53 Å². The van der Waals surface area contributed by atoms with E-state index in [1.54, 1.807) is 9.80 Å². The fraction of sp³-hybridized carbons (Fsp3) is 0.500. The second-order valence-corrected chi connectivity index (χ2v) is 5.64. The average Bonchev–Trinajstić information content (AvgIpc) is 2.75. The molecule has 1 aromatic rings. The van der Waals surface area contributed by atoms with Crippen LogP contribution in [0, 0.1) is 0 Å². The lowest BCUT2D eigenvalue weighted by Gasteiger charge is -2.23. The zero-order valence-electron chi connectivity index (χ0n) is 12.5. The minimum atomic E-state index is -0.135. The number of hydrogen-bond donors (Lipinski definition) is 1. The van der Waals surface area contributed by atoms with Crippen molar-refractivity contribution in [3.63, 3.8) is 0 Å². The fourth-order valence-corrected chi connectivity index (χ4v) is 2.88. The molecule has 2 heterocycles. The normalized spacial score (nSPS) is 22.5. The molecule has 22 heavy (non-hydrogen) atoms. The van der Waals surface area contributed by atoms with Gasteiger partial charge in [-0.2, -0.15) is 0 Å². The topological polar surface area (TPSA) is 61.9 Å². The summed E-state index contributed by atoms with van der Waals surface area (Å²) in [4.78, 5) is 27.9. The van der Waals surface area contributed by atoms with E-state index in [1.807, 2.05) is 30.3 Å². The first-order valence-corrected chi connectivity index (χ1v) is 7.72. The summed E-state index contributed by atoms with van der Waals surface area (Å²) < 4.78 is 5.35. The van der Waals surface area contributed by atoms with Crippen LogP contribution in [0.3, 0.4) is 0 Å². The van der Waals surface area contributed by atoms with Gasteiger partial charge in [0.25, 0.3) is 0 Å². The van der Waals surface area contributed by atoms with E-state index < -0.39 is 0 Å². The molecule has 2 aliphatic heterocycles. The van der Waals surface area contributed by atoms with E-state index in [4.69, 9.17) is 4.74 Å². The van der Waals surface area contributed by atoms with Gasteiger partial charge in [-0.1, -0.05) is 18.2 Å². The van der Waals surface area contributed by atoms with Crippen LogP contribution in [0.15, 0.2) is 30.3 Å². The Bertz CT molecular complexity index is 527. The lowest BCUT2D eigenvalue weighted by Crippen LogP contribution is -2.46. The van der Waals surface area contributed by atoms with Gasteiger partial charge in [0.1, 0.15) is 0 Å². The van der Waals surface area contributed by atoms with Crippen LogP contribution < -0.4 is 10.2 Å². The number of hydrogen-bond acceptors (Lipinski definition) is 3. The smallest absolute Gasteiger partial charge is 0.317 e. The van der Waals surface area contributed by atoms with Crippen LogP contribution in [-0.4, -0.2) is 55.7 Å². The molecule has 0 aliphatic carbocycles. The number of urea groups is 1. The first-order valence-electron chi connectivity index (χ1n) is 7.72. The van der Waals surface area contributed by atoms with Crippen LogP contribution in [0.2, 0.25) is 0 Å². The van der Waals surface area contributed by atoms with Gasteiger partial charge in [-0.25, -0.2) is 4.79 Å². The summed E-state index contributed by atoms with van der Waals surface area (Å²) in [7, 11) is 0. The number of carbonyl (C=O) groups excluding carboxylic acids is 2. The molecule has 1 atom stereocenters. The summed E-state index contributed by atoms with van der Waals surface area (Å²) in [6.45, 7) is 3.11. The predicted octanol–water partition coefficient (Wildman–Crippen LogP) is 1.22. The Kier molecular flexibility index (Phi) is 4.58. The number of amides is 3. The molecule has 0 aromatic heterocycles. The Hall–Kier alpha value is -2.08. The summed E-state index contributed by atoms with van der Waals surface area (Å²) in [5.41, 5.74) is 0.882. The number of nitrogens with one attached hydrogen (secondary N) is 1. The van der Waals surface area contributed by atoms with Gasteiger partial charge in [-0.15, -0.1) is 0 Å². The van der Waals surface area contributed by atoms with Crippen LogP contribution in [0.5, 0.6) is 0 Å².